The second-order valence-corrected chi connectivity index (χ2v) is 6.35. The van der Waals surface area contributed by atoms with Crippen molar-refractivity contribution in [2.45, 2.75) is 13.0 Å². The van der Waals surface area contributed by atoms with E-state index in [0.29, 0.717) is 22.0 Å². The zero-order valence-electron chi connectivity index (χ0n) is 14.3. The van der Waals surface area contributed by atoms with Crippen molar-refractivity contribution in [2.75, 3.05) is 11.9 Å². The smallest absolute Gasteiger partial charge is 0.356 e. The number of imidazole rings is 1. The van der Waals surface area contributed by atoms with Crippen molar-refractivity contribution in [1.29, 1.82) is 0 Å². The predicted octanol–water partition coefficient (Wildman–Crippen LogP) is 2.57. The maximum absolute atomic E-state index is 12.3. The molecule has 0 aliphatic heterocycles. The van der Waals surface area contributed by atoms with Crippen molar-refractivity contribution >= 4 is 23.3 Å². The number of benzene rings is 1. The first-order valence-electron chi connectivity index (χ1n) is 8.06. The van der Waals surface area contributed by atoms with Crippen molar-refractivity contribution in [3.8, 4) is 11.4 Å². The van der Waals surface area contributed by atoms with Gasteiger partial charge in [0.25, 0.3) is 5.56 Å². The summed E-state index contributed by atoms with van der Waals surface area (Å²) in [5.74, 6) is -1.06. The molecule has 0 spiro atoms. The van der Waals surface area contributed by atoms with Gasteiger partial charge in [0.05, 0.1) is 11.8 Å². The lowest BCUT2D eigenvalue weighted by Gasteiger charge is -2.15. The number of aliphatic hydroxyl groups is 1. The molecule has 2 aromatic heterocycles. The number of aromatic carboxylic acids is 1. The van der Waals surface area contributed by atoms with Crippen molar-refractivity contribution in [1.82, 2.24) is 15.0 Å². The molecule has 0 bridgehead atoms. The van der Waals surface area contributed by atoms with Crippen LogP contribution in [0.4, 0.5) is 5.69 Å². The molecule has 1 aromatic carbocycles. The first kappa shape index (κ1) is 18.7. The summed E-state index contributed by atoms with van der Waals surface area (Å²) in [6, 6.07) is 8.45. The molecule has 1 atom stereocenters. The summed E-state index contributed by atoms with van der Waals surface area (Å²) in [6.07, 6.45) is 0.595. The number of pyridine rings is 1. The van der Waals surface area contributed by atoms with Crippen LogP contribution in [0.25, 0.3) is 11.4 Å². The zero-order valence-corrected chi connectivity index (χ0v) is 15.0. The SMILES string of the molecule is Cc1[nH]c(-c2c(NCC(O)c3cccc(Cl)c3)cc[nH]c2=O)nc1C(=O)O. The Labute approximate surface area is 158 Å². The van der Waals surface area contributed by atoms with Crippen LogP contribution in [-0.4, -0.2) is 37.7 Å². The maximum atomic E-state index is 12.3. The largest absolute Gasteiger partial charge is 0.476 e. The van der Waals surface area contributed by atoms with Gasteiger partial charge in [-0.15, -0.1) is 0 Å². The number of aryl methyl sites for hydroxylation is 1. The minimum atomic E-state index is -1.19. The molecule has 27 heavy (non-hydrogen) atoms. The number of aromatic amines is 2. The molecule has 140 valence electrons. The van der Waals surface area contributed by atoms with Gasteiger partial charge in [0.2, 0.25) is 0 Å². The molecule has 9 heteroatoms. The Balaban J connectivity index is 1.89. The fourth-order valence-corrected chi connectivity index (χ4v) is 2.89. The van der Waals surface area contributed by atoms with Gasteiger partial charge in [0, 0.05) is 23.5 Å². The zero-order chi connectivity index (χ0) is 19.6. The van der Waals surface area contributed by atoms with E-state index in [4.69, 9.17) is 16.7 Å². The van der Waals surface area contributed by atoms with Crippen LogP contribution in [0.5, 0.6) is 0 Å². The Hall–Kier alpha value is -3.10. The van der Waals surface area contributed by atoms with E-state index in [0.717, 1.165) is 0 Å². The third-order valence-electron chi connectivity index (χ3n) is 4.00. The van der Waals surface area contributed by atoms with E-state index in [1.54, 1.807) is 37.3 Å². The number of aliphatic hydroxyl groups excluding tert-OH is 1. The van der Waals surface area contributed by atoms with Crippen LogP contribution < -0.4 is 10.9 Å². The lowest BCUT2D eigenvalue weighted by atomic mass is 10.1. The van der Waals surface area contributed by atoms with Crippen LogP contribution in [0.1, 0.15) is 27.8 Å². The monoisotopic (exact) mass is 388 g/mol. The quantitative estimate of drug-likeness (QED) is 0.441. The topological polar surface area (TPSA) is 131 Å². The number of aromatic nitrogens is 3. The predicted molar refractivity (Wildman–Crippen MR) is 101 cm³/mol. The number of anilines is 1. The molecule has 2 heterocycles. The average Bonchev–Trinajstić information content (AvgIpc) is 3.01. The lowest BCUT2D eigenvalue weighted by Crippen LogP contribution is -2.17. The molecule has 8 nitrogen and oxygen atoms in total. The number of carboxylic acids is 1. The van der Waals surface area contributed by atoms with Crippen LogP contribution >= 0.6 is 11.6 Å². The van der Waals surface area contributed by atoms with Crippen molar-refractivity contribution in [3.05, 3.63) is 68.9 Å². The van der Waals surface area contributed by atoms with Crippen LogP contribution in [0, 0.1) is 6.92 Å². The third kappa shape index (κ3) is 4.02. The Kier molecular flexibility index (Phi) is 5.29. The molecular weight excluding hydrogens is 372 g/mol. The molecule has 0 amide bonds. The highest BCUT2D eigenvalue weighted by molar-refractivity contribution is 6.30. The van der Waals surface area contributed by atoms with E-state index in [9.17, 15) is 14.7 Å². The van der Waals surface area contributed by atoms with Crippen LogP contribution in [-0.2, 0) is 0 Å². The second kappa shape index (κ2) is 7.65. The fraction of sp³-hybridized carbons (Fsp3) is 0.167. The molecule has 0 fully saturated rings. The molecule has 3 rings (SSSR count). The molecule has 0 aliphatic carbocycles. The molecule has 3 aromatic rings. The van der Waals surface area contributed by atoms with E-state index >= 15 is 0 Å². The number of halogens is 1. The lowest BCUT2D eigenvalue weighted by molar-refractivity contribution is 0.0690. The molecule has 1 unspecified atom stereocenters. The number of carboxylic acid groups (broad SMARTS) is 1. The minimum Gasteiger partial charge on any atom is -0.476 e. The summed E-state index contributed by atoms with van der Waals surface area (Å²) in [6.45, 7) is 1.68. The van der Waals surface area contributed by atoms with Crippen LogP contribution in [0.3, 0.4) is 0 Å². The average molecular weight is 389 g/mol. The van der Waals surface area contributed by atoms with Gasteiger partial charge in [-0.05, 0) is 30.7 Å². The number of hydrogen-bond acceptors (Lipinski definition) is 5. The maximum Gasteiger partial charge on any atom is 0.356 e. The van der Waals surface area contributed by atoms with E-state index in [1.807, 2.05) is 0 Å². The number of nitrogens with one attached hydrogen (secondary N) is 3. The molecule has 5 N–H and O–H groups in total. The molecule has 0 saturated carbocycles. The normalized spacial score (nSPS) is 12.0. The summed E-state index contributed by atoms with van der Waals surface area (Å²) in [5, 5.41) is 23.0. The summed E-state index contributed by atoms with van der Waals surface area (Å²) >= 11 is 5.94. The first-order chi connectivity index (χ1) is 12.9. The van der Waals surface area contributed by atoms with Gasteiger partial charge in [0.1, 0.15) is 11.4 Å². The van der Waals surface area contributed by atoms with Crippen LogP contribution in [0.2, 0.25) is 5.02 Å². The Morgan fingerprint density at radius 1 is 1.37 bits per heavy atom. The first-order valence-corrected chi connectivity index (χ1v) is 8.44. The number of carbonyl (C=O) groups is 1. The number of nitrogens with zero attached hydrogens (tertiary/aromatic N) is 1. The highest BCUT2D eigenvalue weighted by Crippen LogP contribution is 2.24. The molecule has 0 aliphatic rings. The van der Waals surface area contributed by atoms with Gasteiger partial charge in [-0.1, -0.05) is 23.7 Å². The van der Waals surface area contributed by atoms with Gasteiger partial charge >= 0.3 is 5.97 Å². The Morgan fingerprint density at radius 3 is 2.81 bits per heavy atom. The minimum absolute atomic E-state index is 0.113. The molecule has 0 radical (unpaired) electrons. The second-order valence-electron chi connectivity index (χ2n) is 5.91. The van der Waals surface area contributed by atoms with Crippen molar-refractivity contribution in [2.24, 2.45) is 0 Å². The summed E-state index contributed by atoms with van der Waals surface area (Å²) in [5.41, 5.74) is 0.937. The van der Waals surface area contributed by atoms with Gasteiger partial charge < -0.3 is 25.5 Å². The van der Waals surface area contributed by atoms with E-state index in [1.165, 1.54) is 6.20 Å². The fourth-order valence-electron chi connectivity index (χ4n) is 2.69. The summed E-state index contributed by atoms with van der Waals surface area (Å²) in [7, 11) is 0. The highest BCUT2D eigenvalue weighted by Gasteiger charge is 2.19. The van der Waals surface area contributed by atoms with Crippen molar-refractivity contribution < 1.29 is 15.0 Å². The molecular formula is C18H17ClN4O4. The number of rotatable bonds is 6. The highest BCUT2D eigenvalue weighted by atomic mass is 35.5. The van der Waals surface area contributed by atoms with Gasteiger partial charge in [-0.3, -0.25) is 4.79 Å². The van der Waals surface area contributed by atoms with Gasteiger partial charge in [-0.2, -0.15) is 0 Å². The Morgan fingerprint density at radius 2 is 2.15 bits per heavy atom. The summed E-state index contributed by atoms with van der Waals surface area (Å²) in [4.78, 5) is 32.9. The number of H-pyrrole nitrogens is 2. The van der Waals surface area contributed by atoms with E-state index < -0.39 is 17.6 Å². The number of hydrogen-bond donors (Lipinski definition) is 5. The third-order valence-corrected chi connectivity index (χ3v) is 4.24. The van der Waals surface area contributed by atoms with E-state index in [2.05, 4.69) is 20.3 Å². The van der Waals surface area contributed by atoms with Crippen LogP contribution in [0.15, 0.2) is 41.3 Å². The molecule has 0 saturated heterocycles. The van der Waals surface area contributed by atoms with Gasteiger partial charge in [-0.25, -0.2) is 9.78 Å². The van der Waals surface area contributed by atoms with Crippen molar-refractivity contribution in [3.63, 3.8) is 0 Å². The standard InChI is InChI=1S/C18H17ClN4O4/c1-9-15(18(26)27)23-16(22-9)14-12(5-6-20-17(14)25)21-8-13(24)10-3-2-4-11(19)7-10/h2-7,13,24H,8H2,1H3,(H,22,23)(H,26,27)(H2,20,21,25). The summed E-state index contributed by atoms with van der Waals surface area (Å²) < 4.78 is 0. The Bertz CT molecular complexity index is 1040. The van der Waals surface area contributed by atoms with Gasteiger partial charge in [0.15, 0.2) is 5.69 Å². The van der Waals surface area contributed by atoms with E-state index in [-0.39, 0.29) is 23.6 Å².